The molecule has 3 aliphatic rings. The third-order valence-corrected chi connectivity index (χ3v) is 7.06. The van der Waals surface area contributed by atoms with Crippen LogP contribution in [0.4, 0.5) is 0 Å². The lowest BCUT2D eigenvalue weighted by atomic mass is 9.87. The Labute approximate surface area is 157 Å². The quantitative estimate of drug-likeness (QED) is 0.349. The van der Waals surface area contributed by atoms with Crippen molar-refractivity contribution < 1.29 is 0 Å². The molecule has 25 heavy (non-hydrogen) atoms. The Kier molecular flexibility index (Phi) is 6.99. The molecule has 0 aromatic heterocycles. The SMILES string of the molecule is C[C@H]1CN(CC2CNC(N)C2C(N)NC2CCC(Cl)CC2)CC[C@@H]1N. The van der Waals surface area contributed by atoms with Crippen molar-refractivity contribution in [2.45, 2.75) is 68.8 Å². The standard InChI is InChI=1S/C18H37ClN6/c1-11-9-25(7-6-15(11)20)10-12-8-23-17(21)16(12)18(22)24-14-4-2-13(19)3-5-14/h11-18,23-24H,2-10,20-22H2,1H3/t11-,12?,13?,14?,15-,16?,17?,18?/m0/s1. The third kappa shape index (κ3) is 5.06. The fourth-order valence-electron chi connectivity index (χ4n) is 4.91. The van der Waals surface area contributed by atoms with Crippen LogP contribution in [-0.4, -0.2) is 60.9 Å². The zero-order valence-corrected chi connectivity index (χ0v) is 16.3. The number of hydrogen-bond donors (Lipinski definition) is 5. The minimum Gasteiger partial charge on any atom is -0.327 e. The van der Waals surface area contributed by atoms with E-state index in [2.05, 4.69) is 22.5 Å². The van der Waals surface area contributed by atoms with Crippen molar-refractivity contribution in [2.75, 3.05) is 26.2 Å². The van der Waals surface area contributed by atoms with Gasteiger partial charge >= 0.3 is 0 Å². The van der Waals surface area contributed by atoms with Crippen LogP contribution in [0.1, 0.15) is 39.0 Å². The van der Waals surface area contributed by atoms with Gasteiger partial charge in [0, 0.05) is 43.0 Å². The Bertz CT molecular complexity index is 416. The second-order valence-electron chi connectivity index (χ2n) is 8.60. The fourth-order valence-corrected chi connectivity index (χ4v) is 5.16. The number of nitrogens with one attached hydrogen (secondary N) is 2. The second-order valence-corrected chi connectivity index (χ2v) is 9.22. The van der Waals surface area contributed by atoms with E-state index in [4.69, 9.17) is 28.8 Å². The van der Waals surface area contributed by atoms with E-state index >= 15 is 0 Å². The number of likely N-dealkylation sites (tertiary alicyclic amines) is 1. The molecule has 3 rings (SSSR count). The van der Waals surface area contributed by atoms with Crippen molar-refractivity contribution in [3.8, 4) is 0 Å². The molecule has 0 spiro atoms. The molecule has 2 heterocycles. The molecule has 0 aromatic rings. The van der Waals surface area contributed by atoms with Crippen molar-refractivity contribution in [3.63, 3.8) is 0 Å². The number of rotatable bonds is 5. The van der Waals surface area contributed by atoms with E-state index in [1.165, 1.54) is 0 Å². The lowest BCUT2D eigenvalue weighted by Gasteiger charge is -2.39. The number of nitrogens with two attached hydrogens (primary N) is 3. The summed E-state index contributed by atoms with van der Waals surface area (Å²) in [6, 6.07) is 0.823. The van der Waals surface area contributed by atoms with Gasteiger partial charge in [0.2, 0.25) is 0 Å². The van der Waals surface area contributed by atoms with Gasteiger partial charge in [-0.1, -0.05) is 6.92 Å². The maximum Gasteiger partial charge on any atom is 0.0609 e. The Hall–Kier alpha value is 0.0500. The van der Waals surface area contributed by atoms with Crippen LogP contribution in [0.3, 0.4) is 0 Å². The average Bonchev–Trinajstić information content (AvgIpc) is 2.94. The molecule has 2 saturated heterocycles. The summed E-state index contributed by atoms with van der Waals surface area (Å²) in [7, 11) is 0. The van der Waals surface area contributed by atoms with Gasteiger partial charge in [-0.3, -0.25) is 5.32 Å². The minimum absolute atomic E-state index is 0.0265. The summed E-state index contributed by atoms with van der Waals surface area (Å²) in [6.45, 7) is 6.45. The van der Waals surface area contributed by atoms with Gasteiger partial charge in [-0.15, -0.1) is 11.6 Å². The highest BCUT2D eigenvalue weighted by Gasteiger charge is 2.40. The van der Waals surface area contributed by atoms with E-state index in [9.17, 15) is 0 Å². The summed E-state index contributed by atoms with van der Waals surface area (Å²) in [5.41, 5.74) is 19.1. The highest BCUT2D eigenvalue weighted by molar-refractivity contribution is 6.20. The zero-order valence-electron chi connectivity index (χ0n) is 15.5. The van der Waals surface area contributed by atoms with Crippen LogP contribution in [0.5, 0.6) is 0 Å². The van der Waals surface area contributed by atoms with E-state index in [0.29, 0.717) is 29.3 Å². The molecule has 2 aliphatic heterocycles. The van der Waals surface area contributed by atoms with Crippen molar-refractivity contribution >= 4 is 11.6 Å². The predicted octanol–water partition coefficient (Wildman–Crippen LogP) is 0.200. The second kappa shape index (κ2) is 8.83. The van der Waals surface area contributed by atoms with Gasteiger partial charge in [0.25, 0.3) is 0 Å². The van der Waals surface area contributed by atoms with E-state index < -0.39 is 0 Å². The molecule has 0 radical (unpaired) electrons. The summed E-state index contributed by atoms with van der Waals surface area (Å²) in [4.78, 5) is 2.55. The topological polar surface area (TPSA) is 105 Å². The summed E-state index contributed by atoms with van der Waals surface area (Å²) in [5, 5.41) is 7.43. The third-order valence-electron chi connectivity index (χ3n) is 6.62. The van der Waals surface area contributed by atoms with Gasteiger partial charge in [-0.2, -0.15) is 0 Å². The Morgan fingerprint density at radius 3 is 2.60 bits per heavy atom. The van der Waals surface area contributed by atoms with Crippen LogP contribution < -0.4 is 27.8 Å². The smallest absolute Gasteiger partial charge is 0.0609 e. The Morgan fingerprint density at radius 2 is 1.92 bits per heavy atom. The van der Waals surface area contributed by atoms with Crippen molar-refractivity contribution in [1.82, 2.24) is 15.5 Å². The van der Waals surface area contributed by atoms with Crippen LogP contribution in [0.2, 0.25) is 0 Å². The van der Waals surface area contributed by atoms with E-state index in [-0.39, 0.29) is 18.2 Å². The van der Waals surface area contributed by atoms with Crippen LogP contribution in [0, 0.1) is 17.8 Å². The van der Waals surface area contributed by atoms with Crippen LogP contribution in [0.15, 0.2) is 0 Å². The molecule has 8 N–H and O–H groups in total. The molecule has 6 nitrogen and oxygen atoms in total. The predicted molar refractivity (Wildman–Crippen MR) is 104 cm³/mol. The van der Waals surface area contributed by atoms with Gasteiger partial charge in [-0.05, 0) is 50.5 Å². The van der Waals surface area contributed by atoms with Crippen molar-refractivity contribution in [3.05, 3.63) is 0 Å². The van der Waals surface area contributed by atoms with Crippen LogP contribution >= 0.6 is 11.6 Å². The Morgan fingerprint density at radius 1 is 1.20 bits per heavy atom. The van der Waals surface area contributed by atoms with Crippen LogP contribution in [0.25, 0.3) is 0 Å². The number of halogens is 1. The van der Waals surface area contributed by atoms with Crippen molar-refractivity contribution in [1.29, 1.82) is 0 Å². The maximum absolute atomic E-state index is 6.58. The summed E-state index contributed by atoms with van der Waals surface area (Å²) in [6.07, 6.45) is 5.39. The first-order valence-corrected chi connectivity index (χ1v) is 10.5. The monoisotopic (exact) mass is 372 g/mol. The molecule has 146 valence electrons. The fraction of sp³-hybridized carbons (Fsp3) is 1.00. The first kappa shape index (κ1) is 19.8. The molecule has 7 heteroatoms. The summed E-state index contributed by atoms with van der Waals surface area (Å²) in [5.74, 6) is 1.32. The summed E-state index contributed by atoms with van der Waals surface area (Å²) < 4.78 is 0. The lowest BCUT2D eigenvalue weighted by molar-refractivity contribution is 0.122. The maximum atomic E-state index is 6.58. The van der Waals surface area contributed by atoms with Gasteiger partial charge in [-0.25, -0.2) is 0 Å². The average molecular weight is 373 g/mol. The zero-order chi connectivity index (χ0) is 18.0. The number of hydrogen-bond acceptors (Lipinski definition) is 6. The minimum atomic E-state index is -0.0589. The molecule has 3 fully saturated rings. The highest BCUT2D eigenvalue weighted by Crippen LogP contribution is 2.27. The van der Waals surface area contributed by atoms with Gasteiger partial charge in [0.1, 0.15) is 0 Å². The number of piperidine rings is 1. The molecule has 1 saturated carbocycles. The van der Waals surface area contributed by atoms with E-state index in [1.54, 1.807) is 0 Å². The lowest BCUT2D eigenvalue weighted by Crippen LogP contribution is -2.57. The first-order chi connectivity index (χ1) is 11.9. The largest absolute Gasteiger partial charge is 0.327 e. The van der Waals surface area contributed by atoms with Crippen LogP contribution in [-0.2, 0) is 0 Å². The molecule has 6 atom stereocenters. The summed E-state index contributed by atoms with van der Waals surface area (Å²) >= 11 is 6.22. The molecular weight excluding hydrogens is 336 g/mol. The first-order valence-electron chi connectivity index (χ1n) is 10.1. The molecule has 1 aliphatic carbocycles. The highest BCUT2D eigenvalue weighted by atomic mass is 35.5. The van der Waals surface area contributed by atoms with E-state index in [1.807, 2.05) is 0 Å². The number of alkyl halides is 1. The molecular formula is C18H37ClN6. The van der Waals surface area contributed by atoms with Crippen molar-refractivity contribution in [2.24, 2.45) is 35.0 Å². The number of nitrogens with zero attached hydrogens (tertiary/aromatic N) is 1. The molecule has 0 aromatic carbocycles. The molecule has 0 amide bonds. The molecule has 0 bridgehead atoms. The Balaban J connectivity index is 1.53. The van der Waals surface area contributed by atoms with Gasteiger partial charge in [0.15, 0.2) is 0 Å². The normalized spacial score (nSPS) is 44.8. The molecule has 4 unspecified atom stereocenters. The van der Waals surface area contributed by atoms with Gasteiger partial charge < -0.3 is 27.4 Å². The van der Waals surface area contributed by atoms with E-state index in [0.717, 1.165) is 58.3 Å². The van der Waals surface area contributed by atoms with Gasteiger partial charge in [0.05, 0.1) is 12.3 Å².